The van der Waals surface area contributed by atoms with Crippen molar-refractivity contribution in [3.63, 3.8) is 0 Å². The highest BCUT2D eigenvalue weighted by Gasteiger charge is 2.15. The van der Waals surface area contributed by atoms with E-state index in [0.29, 0.717) is 12.8 Å². The SMILES string of the molecule is C=CC(=O)OCCc1ccc(-c2ccc(N(c3ccc(C)c(C)c3)c3ccc(C)c(C)c3)cc2)cc1CCOC(=O)C=C. The lowest BCUT2D eigenvalue weighted by Crippen LogP contribution is -2.11. The minimum atomic E-state index is -0.453. The summed E-state index contributed by atoms with van der Waals surface area (Å²) >= 11 is 0. The van der Waals surface area contributed by atoms with Gasteiger partial charge in [-0.2, -0.15) is 0 Å². The molecule has 0 amide bonds. The van der Waals surface area contributed by atoms with Crippen molar-refractivity contribution in [2.45, 2.75) is 40.5 Å². The van der Waals surface area contributed by atoms with Gasteiger partial charge in [0.25, 0.3) is 0 Å². The largest absolute Gasteiger partial charge is 0.462 e. The van der Waals surface area contributed by atoms with Crippen molar-refractivity contribution < 1.29 is 19.1 Å². The van der Waals surface area contributed by atoms with E-state index < -0.39 is 11.9 Å². The van der Waals surface area contributed by atoms with E-state index in [1.807, 2.05) is 6.07 Å². The fourth-order valence-electron chi connectivity index (χ4n) is 4.90. The Morgan fingerprint density at radius 1 is 0.581 bits per heavy atom. The summed E-state index contributed by atoms with van der Waals surface area (Å²) in [6.07, 6.45) is 3.39. The van der Waals surface area contributed by atoms with Crippen LogP contribution in [0.25, 0.3) is 11.1 Å². The summed E-state index contributed by atoms with van der Waals surface area (Å²) in [6, 6.07) is 27.9. The number of carbonyl (C=O) groups excluding carboxylic acids is 2. The molecule has 5 nitrogen and oxygen atoms in total. The number of hydrogen-bond donors (Lipinski definition) is 0. The molecule has 0 fully saturated rings. The zero-order valence-electron chi connectivity index (χ0n) is 25.5. The van der Waals surface area contributed by atoms with E-state index in [4.69, 9.17) is 9.47 Å². The Bertz CT molecular complexity index is 1580. The third-order valence-corrected chi connectivity index (χ3v) is 7.73. The molecule has 0 aromatic heterocycles. The molecule has 0 spiro atoms. The second kappa shape index (κ2) is 14.3. The maximum absolute atomic E-state index is 11.6. The highest BCUT2D eigenvalue weighted by atomic mass is 16.5. The molecule has 5 heteroatoms. The number of ether oxygens (including phenoxy) is 2. The lowest BCUT2D eigenvalue weighted by molar-refractivity contribution is -0.138. The summed E-state index contributed by atoms with van der Waals surface area (Å²) in [5.74, 6) is -0.904. The maximum atomic E-state index is 11.6. The molecule has 0 N–H and O–H groups in total. The second-order valence-electron chi connectivity index (χ2n) is 10.6. The number of rotatable bonds is 12. The molecule has 4 aromatic rings. The molecule has 0 aliphatic heterocycles. The predicted octanol–water partition coefficient (Wildman–Crippen LogP) is 8.60. The summed E-state index contributed by atoms with van der Waals surface area (Å²) in [4.78, 5) is 25.4. The van der Waals surface area contributed by atoms with Crippen LogP contribution in [0.15, 0.2) is 104 Å². The molecule has 0 aliphatic rings. The molecule has 4 rings (SSSR count). The van der Waals surface area contributed by atoms with Crippen LogP contribution in [-0.4, -0.2) is 25.2 Å². The van der Waals surface area contributed by atoms with Crippen molar-refractivity contribution in [1.29, 1.82) is 0 Å². The van der Waals surface area contributed by atoms with E-state index in [2.05, 4.69) is 119 Å². The molecule has 4 aromatic carbocycles. The number of carbonyl (C=O) groups is 2. The summed E-state index contributed by atoms with van der Waals surface area (Å²) in [5, 5.41) is 0. The summed E-state index contributed by atoms with van der Waals surface area (Å²) in [6.45, 7) is 15.9. The van der Waals surface area contributed by atoms with E-state index in [1.54, 1.807) is 0 Å². The zero-order chi connectivity index (χ0) is 30.9. The predicted molar refractivity (Wildman–Crippen MR) is 175 cm³/mol. The lowest BCUT2D eigenvalue weighted by Gasteiger charge is -2.27. The van der Waals surface area contributed by atoms with Crippen LogP contribution in [0, 0.1) is 27.7 Å². The van der Waals surface area contributed by atoms with Crippen LogP contribution in [0.4, 0.5) is 17.1 Å². The zero-order valence-corrected chi connectivity index (χ0v) is 25.5. The highest BCUT2D eigenvalue weighted by molar-refractivity contribution is 5.82. The topological polar surface area (TPSA) is 55.8 Å². The molecule has 0 saturated heterocycles. The number of anilines is 3. The Morgan fingerprint density at radius 2 is 1.05 bits per heavy atom. The highest BCUT2D eigenvalue weighted by Crippen LogP contribution is 2.37. The fraction of sp³-hybridized carbons (Fsp3) is 0.211. The quantitative estimate of drug-likeness (QED) is 0.125. The van der Waals surface area contributed by atoms with Crippen LogP contribution in [-0.2, 0) is 31.9 Å². The molecular formula is C38H39NO4. The summed E-state index contributed by atoms with van der Waals surface area (Å²) in [5.41, 5.74) is 12.5. The van der Waals surface area contributed by atoms with Crippen molar-refractivity contribution in [3.8, 4) is 11.1 Å². The monoisotopic (exact) mass is 573 g/mol. The number of esters is 2. The first-order valence-corrected chi connectivity index (χ1v) is 14.5. The van der Waals surface area contributed by atoms with Gasteiger partial charge in [-0.05, 0) is 109 Å². The van der Waals surface area contributed by atoms with Crippen molar-refractivity contribution >= 4 is 29.0 Å². The van der Waals surface area contributed by atoms with Crippen molar-refractivity contribution in [1.82, 2.24) is 0 Å². The summed E-state index contributed by atoms with van der Waals surface area (Å²) < 4.78 is 10.5. The normalized spacial score (nSPS) is 10.6. The molecule has 0 unspecified atom stereocenters. The Morgan fingerprint density at radius 3 is 1.53 bits per heavy atom. The van der Waals surface area contributed by atoms with E-state index >= 15 is 0 Å². The van der Waals surface area contributed by atoms with Gasteiger partial charge in [0.2, 0.25) is 0 Å². The van der Waals surface area contributed by atoms with Gasteiger partial charge in [0, 0.05) is 42.1 Å². The van der Waals surface area contributed by atoms with Gasteiger partial charge in [-0.3, -0.25) is 0 Å². The molecule has 220 valence electrons. The van der Waals surface area contributed by atoms with Crippen LogP contribution >= 0.6 is 0 Å². The first-order valence-electron chi connectivity index (χ1n) is 14.5. The Balaban J connectivity index is 1.66. The maximum Gasteiger partial charge on any atom is 0.330 e. The van der Waals surface area contributed by atoms with E-state index in [0.717, 1.165) is 51.5 Å². The van der Waals surface area contributed by atoms with Crippen LogP contribution in [0.1, 0.15) is 33.4 Å². The van der Waals surface area contributed by atoms with Gasteiger partial charge in [0.1, 0.15) is 0 Å². The van der Waals surface area contributed by atoms with E-state index in [1.165, 1.54) is 22.3 Å². The van der Waals surface area contributed by atoms with Gasteiger partial charge in [-0.1, -0.05) is 55.6 Å². The van der Waals surface area contributed by atoms with E-state index in [9.17, 15) is 9.59 Å². The third-order valence-electron chi connectivity index (χ3n) is 7.73. The van der Waals surface area contributed by atoms with Gasteiger partial charge in [0.15, 0.2) is 0 Å². The molecule has 43 heavy (non-hydrogen) atoms. The molecule has 0 atom stereocenters. The van der Waals surface area contributed by atoms with Gasteiger partial charge >= 0.3 is 11.9 Å². The minimum absolute atomic E-state index is 0.230. The Kier molecular flexibility index (Phi) is 10.3. The van der Waals surface area contributed by atoms with Crippen molar-refractivity contribution in [3.05, 3.63) is 138 Å². The number of hydrogen-bond acceptors (Lipinski definition) is 5. The van der Waals surface area contributed by atoms with Crippen LogP contribution in [0.3, 0.4) is 0 Å². The van der Waals surface area contributed by atoms with Crippen LogP contribution in [0.5, 0.6) is 0 Å². The number of nitrogens with zero attached hydrogens (tertiary/aromatic N) is 1. The van der Waals surface area contributed by atoms with Crippen LogP contribution < -0.4 is 4.90 Å². The first-order chi connectivity index (χ1) is 20.7. The van der Waals surface area contributed by atoms with Gasteiger partial charge < -0.3 is 14.4 Å². The average Bonchev–Trinajstić information content (AvgIpc) is 3.01. The van der Waals surface area contributed by atoms with E-state index in [-0.39, 0.29) is 13.2 Å². The molecule has 0 heterocycles. The molecule has 0 aliphatic carbocycles. The molecule has 0 radical (unpaired) electrons. The summed E-state index contributed by atoms with van der Waals surface area (Å²) in [7, 11) is 0. The van der Waals surface area contributed by atoms with Crippen molar-refractivity contribution in [2.75, 3.05) is 18.1 Å². The Labute approximate surface area is 255 Å². The second-order valence-corrected chi connectivity index (χ2v) is 10.6. The van der Waals surface area contributed by atoms with Gasteiger partial charge in [-0.15, -0.1) is 0 Å². The van der Waals surface area contributed by atoms with Gasteiger partial charge in [-0.25, -0.2) is 9.59 Å². The standard InChI is InChI=1S/C38H39NO4/c1-7-37(40)42-21-19-31-11-12-32(25-33(31)20-22-43-38(41)8-2)30-13-17-34(18-14-30)39(35-15-9-26(3)28(5)23-35)36-16-10-27(4)29(6)24-36/h7-18,23-25H,1-2,19-22H2,3-6H3. The first kappa shape index (κ1) is 31.0. The van der Waals surface area contributed by atoms with Crippen molar-refractivity contribution in [2.24, 2.45) is 0 Å². The average molecular weight is 574 g/mol. The van der Waals surface area contributed by atoms with Crippen LogP contribution in [0.2, 0.25) is 0 Å². The lowest BCUT2D eigenvalue weighted by atomic mass is 9.96. The third kappa shape index (κ3) is 7.89. The van der Waals surface area contributed by atoms with Gasteiger partial charge in [0.05, 0.1) is 13.2 Å². The minimum Gasteiger partial charge on any atom is -0.462 e. The number of benzene rings is 4. The molecule has 0 bridgehead atoms. The Hall–Kier alpha value is -4.90. The molecule has 0 saturated carbocycles. The smallest absolute Gasteiger partial charge is 0.330 e. The molecular weight excluding hydrogens is 534 g/mol. The fourth-order valence-corrected chi connectivity index (χ4v) is 4.90. The number of aryl methyl sites for hydroxylation is 4.